The lowest BCUT2D eigenvalue weighted by Crippen LogP contribution is -2.54. The quantitative estimate of drug-likeness (QED) is 0.309. The second-order valence-electron chi connectivity index (χ2n) is 17.2. The van der Waals surface area contributed by atoms with Crippen molar-refractivity contribution in [3.05, 3.63) is 65.4 Å². The highest BCUT2D eigenvalue weighted by Gasteiger charge is 2.61. The van der Waals surface area contributed by atoms with Gasteiger partial charge in [-0.15, -0.1) is 6.42 Å². The first-order chi connectivity index (χ1) is 26.7. The summed E-state index contributed by atoms with van der Waals surface area (Å²) in [6, 6.07) is 15.3. The number of carbonyl (C=O) groups excluding carboxylic acids is 3. The maximum Gasteiger partial charge on any atom is 0.415 e. The van der Waals surface area contributed by atoms with Crippen molar-refractivity contribution in [3.63, 3.8) is 0 Å². The number of piperidine rings is 1. The van der Waals surface area contributed by atoms with Gasteiger partial charge < -0.3 is 29.4 Å². The first-order valence-electron chi connectivity index (χ1n) is 20.7. The summed E-state index contributed by atoms with van der Waals surface area (Å²) in [6.07, 6.45) is 15.6. The van der Waals surface area contributed by atoms with Crippen LogP contribution in [-0.4, -0.2) is 100 Å². The number of amides is 3. The molecule has 0 spiro atoms. The number of rotatable bonds is 4. The molecule has 3 aromatic rings. The summed E-state index contributed by atoms with van der Waals surface area (Å²) in [5.74, 6) is 4.37. The molecule has 0 bridgehead atoms. The van der Waals surface area contributed by atoms with Gasteiger partial charge in [-0.1, -0.05) is 37.1 Å². The molecule has 10 nitrogen and oxygen atoms in total. The lowest BCUT2D eigenvalue weighted by atomic mass is 9.53. The van der Waals surface area contributed by atoms with E-state index in [0.717, 1.165) is 74.4 Å². The summed E-state index contributed by atoms with van der Waals surface area (Å²) < 4.78 is 6.29. The average molecular weight is 744 g/mol. The van der Waals surface area contributed by atoms with Gasteiger partial charge in [0.15, 0.2) is 5.75 Å². The number of para-hydroxylation sites is 1. The van der Waals surface area contributed by atoms with Crippen LogP contribution in [0.5, 0.6) is 5.75 Å². The summed E-state index contributed by atoms with van der Waals surface area (Å²) in [6.45, 7) is 6.39. The second-order valence-corrected chi connectivity index (χ2v) is 17.2. The molecule has 3 aliphatic carbocycles. The van der Waals surface area contributed by atoms with E-state index in [2.05, 4.69) is 34.9 Å². The zero-order chi connectivity index (χ0) is 37.9. The number of ether oxygens (including phenoxy) is 1. The Bertz CT molecular complexity index is 2050. The maximum absolute atomic E-state index is 14.1. The van der Waals surface area contributed by atoms with Crippen LogP contribution in [0.4, 0.5) is 10.5 Å². The molecule has 5 fully saturated rings. The predicted molar refractivity (Wildman–Crippen MR) is 211 cm³/mol. The molecule has 55 heavy (non-hydrogen) atoms. The van der Waals surface area contributed by atoms with Gasteiger partial charge in [-0.3, -0.25) is 9.59 Å². The molecular formula is C45H53N5O5. The fourth-order valence-electron chi connectivity index (χ4n) is 11.4. The van der Waals surface area contributed by atoms with Crippen molar-refractivity contribution < 1.29 is 24.2 Å². The Hall–Kier alpha value is -4.62. The van der Waals surface area contributed by atoms with Crippen LogP contribution in [0.3, 0.4) is 0 Å². The molecule has 6 atom stereocenters. The van der Waals surface area contributed by atoms with Crippen molar-refractivity contribution in [3.8, 4) is 18.1 Å². The molecule has 10 heteroatoms. The number of nitrogens with zero attached hydrogens (tertiary/aromatic N) is 5. The van der Waals surface area contributed by atoms with Crippen molar-refractivity contribution in [2.75, 3.05) is 50.7 Å². The van der Waals surface area contributed by atoms with Crippen molar-refractivity contribution in [2.45, 2.75) is 95.1 Å². The summed E-state index contributed by atoms with van der Waals surface area (Å²) >= 11 is 0. The van der Waals surface area contributed by atoms with Gasteiger partial charge in [-0.2, -0.15) is 0 Å². The summed E-state index contributed by atoms with van der Waals surface area (Å²) in [5.41, 5.74) is 3.31. The number of fused-ring (bicyclic) bond motifs is 6. The molecule has 0 radical (unpaired) electrons. The van der Waals surface area contributed by atoms with Crippen molar-refractivity contribution in [2.24, 2.45) is 17.3 Å². The van der Waals surface area contributed by atoms with Gasteiger partial charge in [0.2, 0.25) is 5.91 Å². The number of benzene rings is 2. The van der Waals surface area contributed by atoms with E-state index in [1.807, 2.05) is 40.1 Å². The Kier molecular flexibility index (Phi) is 9.27. The average Bonchev–Trinajstić information content (AvgIpc) is 3.83. The number of piperazine rings is 1. The Labute approximate surface area is 324 Å². The lowest BCUT2D eigenvalue weighted by Gasteiger charge is -2.52. The van der Waals surface area contributed by atoms with E-state index >= 15 is 0 Å². The maximum atomic E-state index is 14.1. The highest BCUT2D eigenvalue weighted by atomic mass is 16.6. The number of hydrogen-bond donors (Lipinski definition) is 1. The first kappa shape index (κ1) is 36.0. The third-order valence-corrected chi connectivity index (χ3v) is 14.6. The highest BCUT2D eigenvalue weighted by Crippen LogP contribution is 2.64. The van der Waals surface area contributed by atoms with Crippen molar-refractivity contribution >= 4 is 34.5 Å². The van der Waals surface area contributed by atoms with Gasteiger partial charge in [-0.25, -0.2) is 9.78 Å². The first-order valence-corrected chi connectivity index (χ1v) is 20.7. The largest absolute Gasteiger partial charge is 0.415 e. The third-order valence-electron chi connectivity index (χ3n) is 14.6. The number of likely N-dealkylation sites (tertiary alicyclic amines) is 2. The van der Waals surface area contributed by atoms with E-state index in [-0.39, 0.29) is 23.3 Å². The van der Waals surface area contributed by atoms with Crippen LogP contribution >= 0.6 is 0 Å². The molecule has 0 unspecified atom stereocenters. The zero-order valence-electron chi connectivity index (χ0n) is 32.0. The number of aliphatic hydroxyl groups is 1. The molecule has 4 heterocycles. The van der Waals surface area contributed by atoms with Gasteiger partial charge in [0.05, 0.1) is 11.2 Å². The molecule has 6 aliphatic rings. The van der Waals surface area contributed by atoms with Gasteiger partial charge in [0.1, 0.15) is 17.3 Å². The summed E-state index contributed by atoms with van der Waals surface area (Å²) in [4.78, 5) is 53.7. The highest BCUT2D eigenvalue weighted by molar-refractivity contribution is 5.98. The zero-order valence-corrected chi connectivity index (χ0v) is 32.0. The normalized spacial score (nSPS) is 30.3. The topological polar surface area (TPSA) is 107 Å². The molecule has 2 saturated carbocycles. The number of anilines is 1. The van der Waals surface area contributed by atoms with E-state index < -0.39 is 11.6 Å². The molecule has 288 valence electrons. The van der Waals surface area contributed by atoms with Crippen LogP contribution in [0.1, 0.15) is 98.7 Å². The summed E-state index contributed by atoms with van der Waals surface area (Å²) in [7, 11) is 0. The minimum Gasteiger partial charge on any atom is -0.408 e. The number of aryl methyl sites for hydroxylation is 1. The van der Waals surface area contributed by atoms with Crippen LogP contribution in [0.15, 0.2) is 48.5 Å². The number of hydrogen-bond acceptors (Lipinski definition) is 7. The minimum atomic E-state index is -1.05. The Balaban J connectivity index is 0.946. The van der Waals surface area contributed by atoms with Crippen LogP contribution in [0, 0.1) is 29.6 Å². The molecule has 3 amide bonds. The third kappa shape index (κ3) is 6.14. The molecule has 3 aliphatic heterocycles. The van der Waals surface area contributed by atoms with Gasteiger partial charge in [0.25, 0.3) is 5.91 Å². The van der Waals surface area contributed by atoms with Gasteiger partial charge >= 0.3 is 6.09 Å². The standard InChI is InChI=1S/C45H53N5O5/c1-3-45(54)20-18-35-33-15-13-31-28-40(55-43(53)49-21-7-4-8-22-49)39(29-34(31)32(33)17-19-44(35,45)2)47-24-26-48(27-25-47)42(52)38-12-9-23-50(38)41(51)37-16-14-30-10-5-6-11-36(30)46-37/h1,5-6,10-11,14,16,28-29,32-33,35,38,54H,4,7-9,12-13,15,17-27H2,2H3/t32-,33+,35-,38-,44-,45-/m0/s1. The lowest BCUT2D eigenvalue weighted by molar-refractivity contribution is -0.135. The Morgan fingerprint density at radius 2 is 1.67 bits per heavy atom. The number of carbonyl (C=O) groups is 3. The van der Waals surface area contributed by atoms with E-state index in [4.69, 9.17) is 11.2 Å². The SMILES string of the molecule is C#C[C@]1(O)CC[C@H]2[C@@H]3CCc4cc(OC(=O)N5CCCCC5)c(N5CCN(C(=O)[C@@H]6CCCN6C(=O)c6ccc7ccccc7n6)CC5)cc4[C@H]3CC[C@@]21C. The molecule has 2 aromatic carbocycles. The molecule has 1 aromatic heterocycles. The molecule has 9 rings (SSSR count). The monoisotopic (exact) mass is 743 g/mol. The van der Waals surface area contributed by atoms with Crippen LogP contribution in [-0.2, 0) is 11.2 Å². The molecular weight excluding hydrogens is 691 g/mol. The van der Waals surface area contributed by atoms with E-state index in [1.54, 1.807) is 11.0 Å². The Morgan fingerprint density at radius 3 is 2.47 bits per heavy atom. The number of pyridine rings is 1. The van der Waals surface area contributed by atoms with Crippen LogP contribution < -0.4 is 9.64 Å². The molecule has 1 N–H and O–H groups in total. The molecule has 3 saturated heterocycles. The second kappa shape index (κ2) is 14.1. The summed E-state index contributed by atoms with van der Waals surface area (Å²) in [5, 5.41) is 12.5. The number of aromatic nitrogens is 1. The van der Waals surface area contributed by atoms with Gasteiger partial charge in [-0.05, 0) is 124 Å². The van der Waals surface area contributed by atoms with Gasteiger partial charge in [0, 0.05) is 56.6 Å². The predicted octanol–water partition coefficient (Wildman–Crippen LogP) is 6.39. The van der Waals surface area contributed by atoms with E-state index in [0.29, 0.717) is 87.9 Å². The van der Waals surface area contributed by atoms with Crippen LogP contribution in [0.25, 0.3) is 10.9 Å². The minimum absolute atomic E-state index is 0.00920. The van der Waals surface area contributed by atoms with E-state index in [9.17, 15) is 19.5 Å². The number of terminal acetylenes is 1. The fraction of sp³-hybridized carbons (Fsp3) is 0.556. The van der Waals surface area contributed by atoms with E-state index in [1.165, 1.54) is 11.1 Å². The smallest absolute Gasteiger partial charge is 0.408 e. The van der Waals surface area contributed by atoms with Crippen molar-refractivity contribution in [1.82, 2.24) is 19.7 Å². The van der Waals surface area contributed by atoms with Crippen LogP contribution in [0.2, 0.25) is 0 Å². The fourth-order valence-corrected chi connectivity index (χ4v) is 11.4. The Morgan fingerprint density at radius 1 is 0.873 bits per heavy atom. The van der Waals surface area contributed by atoms with Crippen molar-refractivity contribution in [1.29, 1.82) is 0 Å².